The fourth-order valence-electron chi connectivity index (χ4n) is 2.52. The molecule has 2 aromatic heterocycles. The van der Waals surface area contributed by atoms with Crippen LogP contribution in [0.5, 0.6) is 0 Å². The van der Waals surface area contributed by atoms with Crippen molar-refractivity contribution in [3.63, 3.8) is 0 Å². The lowest BCUT2D eigenvalue weighted by molar-refractivity contribution is 0.249. The first-order valence-corrected chi connectivity index (χ1v) is 8.07. The Morgan fingerprint density at radius 2 is 2.16 bits per heavy atom. The summed E-state index contributed by atoms with van der Waals surface area (Å²) >= 11 is 0. The number of carbonyl (C=O) groups excluding carboxylic acids is 1. The molecule has 0 aliphatic heterocycles. The van der Waals surface area contributed by atoms with Crippen LogP contribution in [0.3, 0.4) is 0 Å². The van der Waals surface area contributed by atoms with Gasteiger partial charge in [-0.15, -0.1) is 0 Å². The number of benzene rings is 1. The minimum absolute atomic E-state index is 0.0428. The predicted octanol–water partition coefficient (Wildman–Crippen LogP) is 2.68. The van der Waals surface area contributed by atoms with Gasteiger partial charge >= 0.3 is 6.03 Å². The lowest BCUT2D eigenvalue weighted by atomic mass is 10.2. The van der Waals surface area contributed by atoms with E-state index in [0.717, 1.165) is 11.4 Å². The first-order chi connectivity index (χ1) is 11.9. The maximum Gasteiger partial charge on any atom is 0.319 e. The molecule has 132 valence electrons. The number of aryl methyl sites for hydroxylation is 1. The molecule has 1 unspecified atom stereocenters. The topological polar surface area (TPSA) is 99.1 Å². The van der Waals surface area contributed by atoms with E-state index in [-0.39, 0.29) is 12.1 Å². The second-order valence-corrected chi connectivity index (χ2v) is 6.32. The van der Waals surface area contributed by atoms with E-state index in [9.17, 15) is 4.79 Å². The van der Waals surface area contributed by atoms with E-state index in [4.69, 9.17) is 4.42 Å². The molecule has 1 aromatic carbocycles. The summed E-state index contributed by atoms with van der Waals surface area (Å²) in [6.45, 7) is 3.89. The molecule has 1 atom stereocenters. The number of carbonyl (C=O) groups is 1. The Morgan fingerprint density at radius 1 is 1.36 bits per heavy atom. The number of anilines is 2. The van der Waals surface area contributed by atoms with Crippen molar-refractivity contribution in [3.05, 3.63) is 35.7 Å². The molecule has 3 N–H and O–H groups in total. The molecule has 0 saturated carbocycles. The highest BCUT2D eigenvalue weighted by Gasteiger charge is 2.12. The molecule has 0 spiro atoms. The van der Waals surface area contributed by atoms with Gasteiger partial charge in [-0.1, -0.05) is 0 Å². The monoisotopic (exact) mass is 342 g/mol. The maximum atomic E-state index is 12.2. The van der Waals surface area contributed by atoms with E-state index < -0.39 is 0 Å². The fraction of sp³-hybridized carbons (Fsp3) is 0.353. The molecule has 0 fully saturated rings. The number of nitrogens with zero attached hydrogens (tertiary/aromatic N) is 3. The van der Waals surface area contributed by atoms with Crippen molar-refractivity contribution in [2.24, 2.45) is 0 Å². The lowest BCUT2D eigenvalue weighted by Crippen LogP contribution is -2.37. The van der Waals surface area contributed by atoms with E-state index in [1.165, 1.54) is 0 Å². The highest BCUT2D eigenvalue weighted by molar-refractivity contribution is 5.91. The highest BCUT2D eigenvalue weighted by atomic mass is 16.4. The van der Waals surface area contributed by atoms with Crippen molar-refractivity contribution < 1.29 is 9.21 Å². The van der Waals surface area contributed by atoms with Crippen molar-refractivity contribution in [3.8, 4) is 0 Å². The summed E-state index contributed by atoms with van der Waals surface area (Å²) in [6, 6.07) is 7.55. The molecule has 25 heavy (non-hydrogen) atoms. The number of nitrogens with one attached hydrogen (secondary N) is 3. The van der Waals surface area contributed by atoms with Crippen LogP contribution in [-0.4, -0.2) is 41.3 Å². The molecule has 2 heterocycles. The Labute approximate surface area is 145 Å². The summed E-state index contributed by atoms with van der Waals surface area (Å²) in [7, 11) is 3.72. The fourth-order valence-corrected chi connectivity index (χ4v) is 2.52. The van der Waals surface area contributed by atoms with Gasteiger partial charge in [-0.2, -0.15) is 10.1 Å². The van der Waals surface area contributed by atoms with Crippen LogP contribution >= 0.6 is 0 Å². The quantitative estimate of drug-likeness (QED) is 0.662. The molecule has 8 heteroatoms. The van der Waals surface area contributed by atoms with E-state index in [0.29, 0.717) is 29.2 Å². The molecule has 0 saturated heterocycles. The van der Waals surface area contributed by atoms with Crippen LogP contribution in [0, 0.1) is 6.92 Å². The van der Waals surface area contributed by atoms with Crippen LogP contribution in [-0.2, 0) is 6.42 Å². The Hall–Kier alpha value is -3.03. The number of aromatic amines is 1. The predicted molar refractivity (Wildman–Crippen MR) is 97.0 cm³/mol. The third kappa shape index (κ3) is 4.09. The Kier molecular flexibility index (Phi) is 4.60. The van der Waals surface area contributed by atoms with Gasteiger partial charge in [-0.3, -0.25) is 5.10 Å². The van der Waals surface area contributed by atoms with Crippen LogP contribution < -0.4 is 15.5 Å². The van der Waals surface area contributed by atoms with Gasteiger partial charge in [0.25, 0.3) is 6.01 Å². The molecule has 3 rings (SSSR count). The summed E-state index contributed by atoms with van der Waals surface area (Å²) in [5.41, 5.74) is 3.96. The zero-order chi connectivity index (χ0) is 18.0. The van der Waals surface area contributed by atoms with Gasteiger partial charge in [0.15, 0.2) is 5.58 Å². The number of hydrogen-bond acceptors (Lipinski definition) is 5. The van der Waals surface area contributed by atoms with Gasteiger partial charge in [0.2, 0.25) is 0 Å². The number of oxazole rings is 1. The zero-order valence-electron chi connectivity index (χ0n) is 14.8. The number of aromatic nitrogens is 3. The van der Waals surface area contributed by atoms with Crippen LogP contribution in [0.25, 0.3) is 11.1 Å². The number of H-pyrrole nitrogens is 1. The average molecular weight is 342 g/mol. The minimum atomic E-state index is -0.268. The first-order valence-electron chi connectivity index (χ1n) is 8.07. The summed E-state index contributed by atoms with van der Waals surface area (Å²) in [5, 5.41) is 12.8. The van der Waals surface area contributed by atoms with Crippen molar-refractivity contribution in [1.29, 1.82) is 0 Å². The summed E-state index contributed by atoms with van der Waals surface area (Å²) in [4.78, 5) is 18.3. The van der Waals surface area contributed by atoms with Gasteiger partial charge in [0, 0.05) is 37.9 Å². The SMILES string of the molecule is Cc1cc(CC(C)NC(=O)Nc2ccc3oc(N(C)C)nc3c2)n[nH]1. The maximum absolute atomic E-state index is 12.2. The highest BCUT2D eigenvalue weighted by Crippen LogP contribution is 2.23. The third-order valence-corrected chi connectivity index (χ3v) is 3.67. The normalized spacial score (nSPS) is 12.2. The van der Waals surface area contributed by atoms with E-state index in [1.54, 1.807) is 23.1 Å². The molecule has 8 nitrogen and oxygen atoms in total. The number of amides is 2. The molecular formula is C17H22N6O2. The van der Waals surface area contributed by atoms with Gasteiger partial charge < -0.3 is 20.0 Å². The number of urea groups is 1. The molecular weight excluding hydrogens is 320 g/mol. The van der Waals surface area contributed by atoms with E-state index in [1.807, 2.05) is 34.0 Å². The first kappa shape index (κ1) is 16.8. The van der Waals surface area contributed by atoms with Crippen LogP contribution in [0.1, 0.15) is 18.3 Å². The summed E-state index contributed by atoms with van der Waals surface area (Å²) in [5.74, 6) is 0. The smallest absolute Gasteiger partial charge is 0.319 e. The second-order valence-electron chi connectivity index (χ2n) is 6.32. The van der Waals surface area contributed by atoms with E-state index in [2.05, 4.69) is 25.8 Å². The van der Waals surface area contributed by atoms with Gasteiger partial charge in [-0.25, -0.2) is 4.79 Å². The van der Waals surface area contributed by atoms with Gasteiger partial charge in [0.1, 0.15) is 5.52 Å². The Bertz CT molecular complexity index is 882. The van der Waals surface area contributed by atoms with Crippen molar-refractivity contribution in [1.82, 2.24) is 20.5 Å². The standard InChI is InChI=1S/C17H22N6O2/c1-10(7-13-8-11(2)21-22-13)18-16(24)19-12-5-6-15-14(9-12)20-17(25-15)23(3)4/h5-6,8-10H,7H2,1-4H3,(H,21,22)(H2,18,19,24). The molecule has 2 amide bonds. The van der Waals surface area contributed by atoms with Gasteiger partial charge in [0.05, 0.1) is 5.69 Å². The van der Waals surface area contributed by atoms with Gasteiger partial charge in [-0.05, 0) is 38.1 Å². The van der Waals surface area contributed by atoms with Crippen LogP contribution in [0.4, 0.5) is 16.5 Å². The van der Waals surface area contributed by atoms with Crippen molar-refractivity contribution in [2.75, 3.05) is 24.3 Å². The lowest BCUT2D eigenvalue weighted by Gasteiger charge is -2.13. The minimum Gasteiger partial charge on any atom is -0.423 e. The number of rotatable bonds is 5. The third-order valence-electron chi connectivity index (χ3n) is 3.67. The molecule has 3 aromatic rings. The van der Waals surface area contributed by atoms with E-state index >= 15 is 0 Å². The van der Waals surface area contributed by atoms with Crippen molar-refractivity contribution >= 4 is 28.8 Å². The zero-order valence-corrected chi connectivity index (χ0v) is 14.8. The van der Waals surface area contributed by atoms with Crippen molar-refractivity contribution in [2.45, 2.75) is 26.3 Å². The second kappa shape index (κ2) is 6.84. The summed E-state index contributed by atoms with van der Waals surface area (Å²) in [6.07, 6.45) is 0.659. The molecule has 0 radical (unpaired) electrons. The summed E-state index contributed by atoms with van der Waals surface area (Å²) < 4.78 is 5.60. The average Bonchev–Trinajstić information content (AvgIpc) is 3.12. The number of fused-ring (bicyclic) bond motifs is 1. The Balaban J connectivity index is 1.61. The molecule has 0 aliphatic carbocycles. The number of hydrogen-bond donors (Lipinski definition) is 3. The molecule has 0 bridgehead atoms. The largest absolute Gasteiger partial charge is 0.423 e. The van der Waals surface area contributed by atoms with Crippen LogP contribution in [0.15, 0.2) is 28.7 Å². The van der Waals surface area contributed by atoms with Crippen LogP contribution in [0.2, 0.25) is 0 Å². The Morgan fingerprint density at radius 3 is 2.84 bits per heavy atom. The molecule has 0 aliphatic rings.